The van der Waals surface area contributed by atoms with E-state index < -0.39 is 0 Å². The monoisotopic (exact) mass is 366 g/mol. The van der Waals surface area contributed by atoms with Crippen LogP contribution >= 0.6 is 0 Å². The smallest absolute Gasteiger partial charge is 0.251 e. The maximum atomic E-state index is 13.2. The summed E-state index contributed by atoms with van der Waals surface area (Å²) >= 11 is 0. The molecule has 0 saturated carbocycles. The van der Waals surface area contributed by atoms with Gasteiger partial charge in [-0.25, -0.2) is 4.39 Å². The number of piperidine rings is 2. The van der Waals surface area contributed by atoms with Crippen molar-refractivity contribution in [2.45, 2.75) is 63.7 Å². The van der Waals surface area contributed by atoms with E-state index in [4.69, 9.17) is 0 Å². The number of aryl methyl sites for hydroxylation is 1. The highest BCUT2D eigenvalue weighted by Gasteiger charge is 2.38. The fourth-order valence-corrected chi connectivity index (χ4v) is 4.71. The summed E-state index contributed by atoms with van der Waals surface area (Å²) in [4.78, 5) is 15.2. The van der Waals surface area contributed by atoms with Crippen molar-refractivity contribution in [3.63, 3.8) is 0 Å². The van der Waals surface area contributed by atoms with Crippen LogP contribution in [0.4, 0.5) is 4.39 Å². The quantitative estimate of drug-likeness (QED) is 0.867. The molecule has 4 rings (SSSR count). The lowest BCUT2D eigenvalue weighted by Crippen LogP contribution is -2.56. The molecule has 0 spiro atoms. The Morgan fingerprint density at radius 3 is 2.48 bits per heavy atom. The Morgan fingerprint density at radius 2 is 1.81 bits per heavy atom. The van der Waals surface area contributed by atoms with Crippen molar-refractivity contribution in [3.8, 4) is 0 Å². The Hall–Kier alpha value is -2.20. The van der Waals surface area contributed by atoms with Crippen molar-refractivity contribution < 1.29 is 9.18 Å². The number of hydrogen-bond donors (Lipinski definition) is 1. The normalized spacial score (nSPS) is 25.2. The van der Waals surface area contributed by atoms with Crippen LogP contribution in [0.15, 0.2) is 48.5 Å². The molecule has 2 aliphatic rings. The number of hydrogen-bond acceptors (Lipinski definition) is 2. The molecule has 2 atom stereocenters. The Balaban J connectivity index is 1.41. The van der Waals surface area contributed by atoms with Gasteiger partial charge in [0.15, 0.2) is 0 Å². The van der Waals surface area contributed by atoms with Crippen molar-refractivity contribution in [1.29, 1.82) is 0 Å². The molecule has 2 heterocycles. The number of nitrogens with one attached hydrogen (secondary N) is 1. The van der Waals surface area contributed by atoms with Crippen molar-refractivity contribution in [2.24, 2.45) is 0 Å². The van der Waals surface area contributed by atoms with Crippen LogP contribution in [-0.2, 0) is 6.54 Å². The highest BCUT2D eigenvalue weighted by Crippen LogP contribution is 2.35. The summed E-state index contributed by atoms with van der Waals surface area (Å²) in [6, 6.07) is 15.8. The molecular weight excluding hydrogens is 339 g/mol. The van der Waals surface area contributed by atoms with Crippen LogP contribution in [0.5, 0.6) is 0 Å². The summed E-state index contributed by atoms with van der Waals surface area (Å²) in [6.45, 7) is 2.88. The van der Waals surface area contributed by atoms with Crippen LogP contribution in [0.3, 0.4) is 0 Å². The lowest BCUT2D eigenvalue weighted by atomic mass is 9.81. The van der Waals surface area contributed by atoms with Crippen molar-refractivity contribution in [2.75, 3.05) is 0 Å². The molecule has 0 radical (unpaired) electrons. The Bertz CT molecular complexity index is 790. The molecule has 4 heteroatoms. The molecule has 142 valence electrons. The SMILES string of the molecule is Cc1cccc(C(=O)NC2CC3CCCC(C2)N3Cc2ccc(F)cc2)c1. The van der Waals surface area contributed by atoms with Crippen LogP contribution in [-0.4, -0.2) is 28.9 Å². The molecule has 2 aliphatic heterocycles. The lowest BCUT2D eigenvalue weighted by molar-refractivity contribution is 0.0177. The summed E-state index contributed by atoms with van der Waals surface area (Å²) in [6.07, 6.45) is 5.60. The molecule has 2 bridgehead atoms. The number of carbonyl (C=O) groups is 1. The number of rotatable bonds is 4. The standard InChI is InChI=1S/C23H27FN2O/c1-16-4-2-5-18(12-16)23(27)25-20-13-21-6-3-7-22(14-20)26(21)15-17-8-10-19(24)11-9-17/h2,4-5,8-12,20-22H,3,6-7,13-15H2,1H3,(H,25,27). The Kier molecular flexibility index (Phi) is 5.26. The predicted octanol–water partition coefficient (Wildman–Crippen LogP) is 4.45. The van der Waals surface area contributed by atoms with Gasteiger partial charge in [-0.1, -0.05) is 36.2 Å². The zero-order valence-corrected chi connectivity index (χ0v) is 15.8. The maximum Gasteiger partial charge on any atom is 0.251 e. The van der Waals surface area contributed by atoms with Gasteiger partial charge in [-0.3, -0.25) is 9.69 Å². The van der Waals surface area contributed by atoms with Gasteiger partial charge in [-0.15, -0.1) is 0 Å². The number of amides is 1. The van der Waals surface area contributed by atoms with Gasteiger partial charge in [0.25, 0.3) is 5.91 Å². The van der Waals surface area contributed by atoms with Crippen LogP contribution in [0, 0.1) is 12.7 Å². The molecule has 1 amide bonds. The van der Waals surface area contributed by atoms with E-state index in [1.807, 2.05) is 43.3 Å². The summed E-state index contributed by atoms with van der Waals surface area (Å²) in [5, 5.41) is 3.27. The summed E-state index contributed by atoms with van der Waals surface area (Å²) in [5.74, 6) is -0.148. The minimum atomic E-state index is -0.184. The van der Waals surface area contributed by atoms with Gasteiger partial charge in [0.05, 0.1) is 0 Å². The Morgan fingerprint density at radius 1 is 1.11 bits per heavy atom. The number of benzene rings is 2. The average Bonchev–Trinajstić information content (AvgIpc) is 2.64. The van der Waals surface area contributed by atoms with Gasteiger partial charge in [-0.2, -0.15) is 0 Å². The molecule has 3 nitrogen and oxygen atoms in total. The lowest BCUT2D eigenvalue weighted by Gasteiger charge is -2.49. The van der Waals surface area contributed by atoms with Gasteiger partial charge in [-0.05, 0) is 62.4 Å². The third kappa shape index (κ3) is 4.22. The predicted molar refractivity (Wildman–Crippen MR) is 105 cm³/mol. The molecule has 1 N–H and O–H groups in total. The molecule has 2 saturated heterocycles. The van der Waals surface area contributed by atoms with Crippen LogP contribution in [0.25, 0.3) is 0 Å². The van der Waals surface area contributed by atoms with E-state index in [1.54, 1.807) is 12.1 Å². The summed E-state index contributed by atoms with van der Waals surface area (Å²) in [7, 11) is 0. The van der Waals surface area contributed by atoms with Gasteiger partial charge < -0.3 is 5.32 Å². The molecule has 0 aromatic heterocycles. The van der Waals surface area contributed by atoms with Gasteiger partial charge in [0.2, 0.25) is 0 Å². The highest BCUT2D eigenvalue weighted by molar-refractivity contribution is 5.94. The third-order valence-electron chi connectivity index (χ3n) is 6.02. The molecule has 2 aromatic carbocycles. The Labute approximate surface area is 160 Å². The number of halogens is 1. The first-order valence-corrected chi connectivity index (χ1v) is 9.96. The topological polar surface area (TPSA) is 32.3 Å². The van der Waals surface area contributed by atoms with E-state index in [-0.39, 0.29) is 17.8 Å². The van der Waals surface area contributed by atoms with Gasteiger partial charge >= 0.3 is 0 Å². The highest BCUT2D eigenvalue weighted by atomic mass is 19.1. The van der Waals surface area contributed by atoms with E-state index >= 15 is 0 Å². The van der Waals surface area contributed by atoms with Crippen molar-refractivity contribution >= 4 is 5.91 Å². The van der Waals surface area contributed by atoms with Crippen molar-refractivity contribution in [3.05, 3.63) is 71.0 Å². The summed E-state index contributed by atoms with van der Waals surface area (Å²) < 4.78 is 13.2. The molecule has 2 unspecified atom stereocenters. The molecule has 0 aliphatic carbocycles. The maximum absolute atomic E-state index is 13.2. The first kappa shape index (κ1) is 18.2. The van der Waals surface area contributed by atoms with E-state index in [9.17, 15) is 9.18 Å². The van der Waals surface area contributed by atoms with Crippen LogP contribution in [0.2, 0.25) is 0 Å². The van der Waals surface area contributed by atoms with Crippen molar-refractivity contribution in [1.82, 2.24) is 10.2 Å². The second kappa shape index (κ2) is 7.81. The summed E-state index contributed by atoms with van der Waals surface area (Å²) in [5.41, 5.74) is 3.01. The van der Waals surface area contributed by atoms with E-state index in [0.717, 1.165) is 36.1 Å². The van der Waals surface area contributed by atoms with Crippen LogP contribution in [0.1, 0.15) is 53.6 Å². The zero-order chi connectivity index (χ0) is 18.8. The minimum absolute atomic E-state index is 0.0359. The van der Waals surface area contributed by atoms with E-state index in [0.29, 0.717) is 12.1 Å². The minimum Gasteiger partial charge on any atom is -0.349 e. The second-order valence-electron chi connectivity index (χ2n) is 8.05. The first-order valence-electron chi connectivity index (χ1n) is 9.96. The first-order chi connectivity index (χ1) is 13.1. The zero-order valence-electron chi connectivity index (χ0n) is 15.8. The molecule has 2 fully saturated rings. The third-order valence-corrected chi connectivity index (χ3v) is 6.02. The number of fused-ring (bicyclic) bond motifs is 2. The fraction of sp³-hybridized carbons (Fsp3) is 0.435. The van der Waals surface area contributed by atoms with E-state index in [1.165, 1.54) is 19.3 Å². The molecular formula is C23H27FN2O. The van der Waals surface area contributed by atoms with Gasteiger partial charge in [0.1, 0.15) is 5.82 Å². The number of carbonyl (C=O) groups excluding carboxylic acids is 1. The number of nitrogens with zero attached hydrogens (tertiary/aromatic N) is 1. The van der Waals surface area contributed by atoms with E-state index in [2.05, 4.69) is 10.2 Å². The average molecular weight is 366 g/mol. The molecule has 2 aromatic rings. The molecule has 27 heavy (non-hydrogen) atoms. The largest absolute Gasteiger partial charge is 0.349 e. The fourth-order valence-electron chi connectivity index (χ4n) is 4.71. The van der Waals surface area contributed by atoms with Crippen LogP contribution < -0.4 is 5.32 Å². The van der Waals surface area contributed by atoms with Gasteiger partial charge in [0, 0.05) is 30.2 Å². The second-order valence-corrected chi connectivity index (χ2v) is 8.05.